The fourth-order valence-electron chi connectivity index (χ4n) is 2.91. The zero-order chi connectivity index (χ0) is 15.7. The van der Waals surface area contributed by atoms with Crippen LogP contribution in [0, 0.1) is 0 Å². The number of nitrogens with zero attached hydrogens (tertiary/aromatic N) is 3. The Kier molecular flexibility index (Phi) is 4.16. The molecule has 0 unspecified atom stereocenters. The number of hydrogen-bond donors (Lipinski definition) is 0. The molecule has 2 aromatic rings. The van der Waals surface area contributed by atoms with Gasteiger partial charge in [0.1, 0.15) is 0 Å². The average molecular weight is 320 g/mol. The van der Waals surface area contributed by atoms with Gasteiger partial charge in [0.15, 0.2) is 5.69 Å². The topological polar surface area (TPSA) is 55.2 Å². The molecule has 1 amide bonds. The van der Waals surface area contributed by atoms with Gasteiger partial charge in [-0.1, -0.05) is 24.4 Å². The molecule has 0 N–H and O–H groups in total. The van der Waals surface area contributed by atoms with Crippen molar-refractivity contribution in [1.82, 2.24) is 14.7 Å². The molecule has 6 heteroatoms. The van der Waals surface area contributed by atoms with Crippen LogP contribution in [-0.2, 0) is 7.05 Å². The van der Waals surface area contributed by atoms with E-state index < -0.39 is 0 Å². The molecule has 22 heavy (non-hydrogen) atoms. The van der Waals surface area contributed by atoms with E-state index >= 15 is 0 Å². The Labute approximate surface area is 133 Å². The van der Waals surface area contributed by atoms with Crippen molar-refractivity contribution >= 4 is 28.4 Å². The summed E-state index contributed by atoms with van der Waals surface area (Å²) in [6.45, 7) is 1.38. The quantitative estimate of drug-likeness (QED) is 0.812. The first kappa shape index (κ1) is 15.0. The molecule has 116 valence electrons. The van der Waals surface area contributed by atoms with Crippen LogP contribution in [0.15, 0.2) is 23.0 Å². The van der Waals surface area contributed by atoms with E-state index in [-0.39, 0.29) is 17.0 Å². The number of carbonyl (C=O) groups excluding carboxylic acids is 1. The van der Waals surface area contributed by atoms with E-state index in [9.17, 15) is 9.59 Å². The lowest BCUT2D eigenvalue weighted by molar-refractivity contribution is 0.0752. The van der Waals surface area contributed by atoms with Crippen LogP contribution in [0.1, 0.15) is 36.2 Å². The number of aromatic nitrogens is 2. The van der Waals surface area contributed by atoms with Crippen LogP contribution in [0.4, 0.5) is 0 Å². The molecule has 1 aliphatic rings. The zero-order valence-corrected chi connectivity index (χ0v) is 13.3. The van der Waals surface area contributed by atoms with E-state index in [1.54, 1.807) is 34.8 Å². The van der Waals surface area contributed by atoms with Gasteiger partial charge in [0.05, 0.1) is 10.9 Å². The summed E-state index contributed by atoms with van der Waals surface area (Å²) < 4.78 is 1.57. The van der Waals surface area contributed by atoms with Gasteiger partial charge in [0, 0.05) is 25.2 Å². The summed E-state index contributed by atoms with van der Waals surface area (Å²) >= 11 is 5.98. The molecule has 1 aromatic carbocycles. The third-order valence-corrected chi connectivity index (χ3v) is 4.35. The van der Waals surface area contributed by atoms with Crippen LogP contribution < -0.4 is 5.43 Å². The van der Waals surface area contributed by atoms with Crippen LogP contribution in [0.2, 0.25) is 5.02 Å². The lowest BCUT2D eigenvalue weighted by Gasteiger charge is -2.20. The number of fused-ring (bicyclic) bond motifs is 1. The van der Waals surface area contributed by atoms with Crippen molar-refractivity contribution < 1.29 is 4.79 Å². The average Bonchev–Trinajstić information content (AvgIpc) is 2.79. The van der Waals surface area contributed by atoms with E-state index in [1.807, 2.05) is 0 Å². The van der Waals surface area contributed by atoms with Crippen LogP contribution in [-0.4, -0.2) is 33.7 Å². The molecule has 1 fully saturated rings. The summed E-state index contributed by atoms with van der Waals surface area (Å²) in [5, 5.41) is 5.12. The van der Waals surface area contributed by atoms with E-state index in [0.29, 0.717) is 29.0 Å². The predicted molar refractivity (Wildman–Crippen MR) is 86.4 cm³/mol. The van der Waals surface area contributed by atoms with Gasteiger partial charge in [-0.15, -0.1) is 0 Å². The molecule has 0 bridgehead atoms. The molecule has 5 nitrogen and oxygen atoms in total. The standard InChI is InChI=1S/C16H18ClN3O2/c1-19-13-7-6-11(17)10-12(13)15(21)14(18-19)16(22)20-8-4-2-3-5-9-20/h6-7,10H,2-5,8-9H2,1H3. The first-order valence-corrected chi connectivity index (χ1v) is 7.91. The Balaban J connectivity index is 2.08. The Morgan fingerprint density at radius 3 is 2.55 bits per heavy atom. The van der Waals surface area contributed by atoms with Gasteiger partial charge in [-0.25, -0.2) is 0 Å². The van der Waals surface area contributed by atoms with Crippen molar-refractivity contribution in [3.05, 3.63) is 39.1 Å². The first-order valence-electron chi connectivity index (χ1n) is 7.54. The molecule has 1 aliphatic heterocycles. The largest absolute Gasteiger partial charge is 0.337 e. The number of benzene rings is 1. The monoisotopic (exact) mass is 319 g/mol. The second-order valence-corrected chi connectivity index (χ2v) is 6.11. The minimum atomic E-state index is -0.343. The minimum absolute atomic E-state index is 0.0147. The first-order chi connectivity index (χ1) is 10.6. The second-order valence-electron chi connectivity index (χ2n) is 5.67. The smallest absolute Gasteiger partial charge is 0.278 e. The number of likely N-dealkylation sites (tertiary alicyclic amines) is 1. The van der Waals surface area contributed by atoms with Crippen molar-refractivity contribution in [1.29, 1.82) is 0 Å². The van der Waals surface area contributed by atoms with Crippen molar-refractivity contribution in [3.8, 4) is 0 Å². The van der Waals surface area contributed by atoms with Gasteiger partial charge in [-0.2, -0.15) is 5.10 Å². The molecule has 1 aromatic heterocycles. The SMILES string of the molecule is Cn1nc(C(=O)N2CCCCCC2)c(=O)c2cc(Cl)ccc21. The molecule has 0 radical (unpaired) electrons. The van der Waals surface area contributed by atoms with Crippen molar-refractivity contribution in [2.24, 2.45) is 7.05 Å². The highest BCUT2D eigenvalue weighted by atomic mass is 35.5. The molecular weight excluding hydrogens is 302 g/mol. The Bertz CT molecular complexity index is 777. The fourth-order valence-corrected chi connectivity index (χ4v) is 3.08. The van der Waals surface area contributed by atoms with Gasteiger partial charge in [0.25, 0.3) is 5.91 Å². The molecule has 0 spiro atoms. The van der Waals surface area contributed by atoms with Gasteiger partial charge in [-0.3, -0.25) is 14.3 Å². The molecule has 2 heterocycles. The van der Waals surface area contributed by atoms with Crippen molar-refractivity contribution in [2.45, 2.75) is 25.7 Å². The predicted octanol–water partition coefficient (Wildman–Crippen LogP) is 2.60. The number of carbonyl (C=O) groups is 1. The number of halogens is 1. The van der Waals surface area contributed by atoms with Crippen LogP contribution in [0.3, 0.4) is 0 Å². The van der Waals surface area contributed by atoms with Gasteiger partial charge >= 0.3 is 0 Å². The lowest BCUT2D eigenvalue weighted by Crippen LogP contribution is -2.36. The number of aryl methyl sites for hydroxylation is 1. The molecule has 0 aliphatic carbocycles. The molecule has 1 saturated heterocycles. The number of rotatable bonds is 1. The van der Waals surface area contributed by atoms with E-state index in [4.69, 9.17) is 11.6 Å². The third kappa shape index (κ3) is 2.73. The van der Waals surface area contributed by atoms with Crippen molar-refractivity contribution in [2.75, 3.05) is 13.1 Å². The fraction of sp³-hybridized carbons (Fsp3) is 0.438. The summed E-state index contributed by atoms with van der Waals surface area (Å²) in [6.07, 6.45) is 4.21. The minimum Gasteiger partial charge on any atom is -0.337 e. The molecule has 3 rings (SSSR count). The Morgan fingerprint density at radius 1 is 1.18 bits per heavy atom. The highest BCUT2D eigenvalue weighted by Crippen LogP contribution is 2.17. The molecule has 0 atom stereocenters. The highest BCUT2D eigenvalue weighted by Gasteiger charge is 2.23. The zero-order valence-electron chi connectivity index (χ0n) is 12.5. The summed E-state index contributed by atoms with van der Waals surface area (Å²) in [5.74, 6) is -0.274. The Morgan fingerprint density at radius 2 is 1.86 bits per heavy atom. The maximum absolute atomic E-state index is 12.7. The van der Waals surface area contributed by atoms with Gasteiger partial charge in [-0.05, 0) is 31.0 Å². The normalized spacial score (nSPS) is 15.8. The molecule has 0 saturated carbocycles. The van der Waals surface area contributed by atoms with E-state index in [0.717, 1.165) is 25.7 Å². The maximum Gasteiger partial charge on any atom is 0.278 e. The number of hydrogen-bond acceptors (Lipinski definition) is 3. The van der Waals surface area contributed by atoms with Gasteiger partial charge < -0.3 is 4.90 Å². The van der Waals surface area contributed by atoms with Crippen molar-refractivity contribution in [3.63, 3.8) is 0 Å². The lowest BCUT2D eigenvalue weighted by atomic mass is 10.2. The second kappa shape index (κ2) is 6.08. The maximum atomic E-state index is 12.7. The van der Waals surface area contributed by atoms with Gasteiger partial charge in [0.2, 0.25) is 5.43 Å². The summed E-state index contributed by atoms with van der Waals surface area (Å²) in [6, 6.07) is 5.05. The van der Waals surface area contributed by atoms with Crippen LogP contribution in [0.25, 0.3) is 10.9 Å². The number of amides is 1. The Hall–Kier alpha value is -1.88. The summed E-state index contributed by atoms with van der Waals surface area (Å²) in [4.78, 5) is 27.0. The van der Waals surface area contributed by atoms with E-state index in [2.05, 4.69) is 5.10 Å². The van der Waals surface area contributed by atoms with E-state index in [1.165, 1.54) is 0 Å². The summed E-state index contributed by atoms with van der Waals surface area (Å²) in [7, 11) is 1.73. The van der Waals surface area contributed by atoms with Crippen LogP contribution >= 0.6 is 11.6 Å². The highest BCUT2D eigenvalue weighted by molar-refractivity contribution is 6.31. The summed E-state index contributed by atoms with van der Waals surface area (Å²) in [5.41, 5.74) is 0.311. The third-order valence-electron chi connectivity index (χ3n) is 4.11. The molecular formula is C16H18ClN3O2. The van der Waals surface area contributed by atoms with Crippen LogP contribution in [0.5, 0.6) is 0 Å².